The molecule has 28 heavy (non-hydrogen) atoms. The van der Waals surface area contributed by atoms with Gasteiger partial charge in [-0.2, -0.15) is 0 Å². The molecule has 0 spiro atoms. The number of rotatable bonds is 2. The van der Waals surface area contributed by atoms with Crippen LogP contribution in [0.5, 0.6) is 0 Å². The summed E-state index contributed by atoms with van der Waals surface area (Å²) in [7, 11) is 0. The first-order valence-electron chi connectivity index (χ1n) is 10.1. The second kappa shape index (κ2) is 8.59. The van der Waals surface area contributed by atoms with Crippen LogP contribution in [0.4, 0.5) is 0 Å². The van der Waals surface area contributed by atoms with Gasteiger partial charge < -0.3 is 10.6 Å². The van der Waals surface area contributed by atoms with E-state index in [0.29, 0.717) is 11.8 Å². The van der Waals surface area contributed by atoms with Gasteiger partial charge in [0.25, 0.3) is 0 Å². The highest BCUT2D eigenvalue weighted by Gasteiger charge is 2.32. The molecule has 0 saturated carbocycles. The van der Waals surface area contributed by atoms with Gasteiger partial charge in [0.05, 0.1) is 0 Å². The molecule has 0 aliphatic carbocycles. The van der Waals surface area contributed by atoms with Crippen molar-refractivity contribution < 1.29 is 9.59 Å². The molecular weight excluding hydrogens is 348 g/mol. The first-order chi connectivity index (χ1) is 13.4. The molecule has 2 aromatic carbocycles. The molecule has 2 aromatic rings. The van der Waals surface area contributed by atoms with Gasteiger partial charge in [0, 0.05) is 36.8 Å². The van der Waals surface area contributed by atoms with Crippen molar-refractivity contribution in [1.82, 2.24) is 10.6 Å². The maximum absolute atomic E-state index is 11.3. The van der Waals surface area contributed by atoms with E-state index in [1.54, 1.807) is 0 Å². The molecule has 148 valence electrons. The van der Waals surface area contributed by atoms with E-state index in [2.05, 4.69) is 73.0 Å². The Kier molecular flexibility index (Phi) is 6.18. The Morgan fingerprint density at radius 2 is 0.964 bits per heavy atom. The van der Waals surface area contributed by atoms with Gasteiger partial charge in [0.15, 0.2) is 0 Å². The zero-order chi connectivity index (χ0) is 20.3. The molecule has 4 nitrogen and oxygen atoms in total. The average molecular weight is 379 g/mol. The fourth-order valence-electron chi connectivity index (χ4n) is 3.90. The second-order valence-corrected chi connectivity index (χ2v) is 8.10. The van der Waals surface area contributed by atoms with Crippen LogP contribution >= 0.6 is 0 Å². The topological polar surface area (TPSA) is 58.2 Å². The van der Waals surface area contributed by atoms with E-state index in [9.17, 15) is 9.59 Å². The van der Waals surface area contributed by atoms with Crippen LogP contribution in [0.25, 0.3) is 0 Å². The summed E-state index contributed by atoms with van der Waals surface area (Å²) < 4.78 is 0. The third kappa shape index (κ3) is 4.44. The number of amides is 2. The molecule has 2 unspecified atom stereocenters. The Bertz CT molecular complexity index is 755. The molecule has 2 amide bonds. The molecule has 0 bridgehead atoms. The van der Waals surface area contributed by atoms with Crippen molar-refractivity contribution in [1.29, 1.82) is 0 Å². The molecule has 4 atom stereocenters. The van der Waals surface area contributed by atoms with E-state index >= 15 is 0 Å². The van der Waals surface area contributed by atoms with Gasteiger partial charge >= 0.3 is 0 Å². The van der Waals surface area contributed by atoms with Crippen molar-refractivity contribution >= 4 is 11.8 Å². The summed E-state index contributed by atoms with van der Waals surface area (Å²) >= 11 is 0. The minimum Gasteiger partial charge on any atom is -0.355 e. The zero-order valence-corrected chi connectivity index (χ0v) is 17.2. The van der Waals surface area contributed by atoms with Crippen LogP contribution in [-0.2, 0) is 9.59 Å². The van der Waals surface area contributed by atoms with Gasteiger partial charge in [-0.25, -0.2) is 0 Å². The van der Waals surface area contributed by atoms with Crippen molar-refractivity contribution in [3.63, 3.8) is 0 Å². The van der Waals surface area contributed by atoms with Crippen molar-refractivity contribution in [3.8, 4) is 0 Å². The summed E-state index contributed by atoms with van der Waals surface area (Å²) in [5.41, 5.74) is 5.06. The van der Waals surface area contributed by atoms with Crippen LogP contribution in [0.2, 0.25) is 0 Å². The summed E-state index contributed by atoms with van der Waals surface area (Å²) in [6.45, 7) is 9.70. The van der Waals surface area contributed by atoms with Gasteiger partial charge in [0.2, 0.25) is 11.8 Å². The third-order valence-corrected chi connectivity index (χ3v) is 6.04. The largest absolute Gasteiger partial charge is 0.355 e. The summed E-state index contributed by atoms with van der Waals surface area (Å²) in [5.74, 6) is 1.27. The lowest BCUT2D eigenvalue weighted by Gasteiger charge is -2.12. The molecule has 2 heterocycles. The molecular formula is C24H30N2O2. The van der Waals surface area contributed by atoms with E-state index < -0.39 is 0 Å². The van der Waals surface area contributed by atoms with Gasteiger partial charge in [-0.3, -0.25) is 9.59 Å². The summed E-state index contributed by atoms with van der Waals surface area (Å²) in [6.07, 6.45) is 0. The Balaban J connectivity index is 0.000000161. The van der Waals surface area contributed by atoms with Gasteiger partial charge in [-0.05, 0) is 25.0 Å². The van der Waals surface area contributed by atoms with Crippen molar-refractivity contribution in [2.75, 3.05) is 13.1 Å². The maximum Gasteiger partial charge on any atom is 0.223 e. The van der Waals surface area contributed by atoms with Gasteiger partial charge in [0.1, 0.15) is 0 Å². The molecule has 4 rings (SSSR count). The monoisotopic (exact) mass is 378 g/mol. The zero-order valence-electron chi connectivity index (χ0n) is 17.2. The number of aryl methyl sites for hydroxylation is 2. The fraction of sp³-hybridized carbons (Fsp3) is 0.417. The predicted octanol–water partition coefficient (Wildman–Crippen LogP) is 3.69. The summed E-state index contributed by atoms with van der Waals surface area (Å²) in [4.78, 5) is 22.6. The lowest BCUT2D eigenvalue weighted by Crippen LogP contribution is -2.16. The average Bonchev–Trinajstić information content (AvgIpc) is 3.20. The molecule has 0 aromatic heterocycles. The van der Waals surface area contributed by atoms with E-state index in [4.69, 9.17) is 0 Å². The normalized spacial score (nSPS) is 26.3. The highest BCUT2D eigenvalue weighted by atomic mass is 16.2. The van der Waals surface area contributed by atoms with Crippen molar-refractivity contribution in [2.45, 2.75) is 39.5 Å². The van der Waals surface area contributed by atoms with Crippen LogP contribution in [0.3, 0.4) is 0 Å². The van der Waals surface area contributed by atoms with Crippen LogP contribution in [0.1, 0.15) is 47.9 Å². The fourth-order valence-corrected chi connectivity index (χ4v) is 3.90. The Hall–Kier alpha value is -2.62. The number of nitrogens with one attached hydrogen (secondary N) is 2. The van der Waals surface area contributed by atoms with E-state index in [1.807, 2.05) is 13.8 Å². The number of benzene rings is 2. The Morgan fingerprint density at radius 1 is 0.643 bits per heavy atom. The molecule has 4 heteroatoms. The SMILES string of the molecule is Cc1ccc(C2CNC(=O)[C@@H]2C)cc1.Cc1ccc(C2CNC(=O)[C@@H]2C)cc1. The van der Waals surface area contributed by atoms with Crippen LogP contribution in [0.15, 0.2) is 48.5 Å². The number of carbonyl (C=O) groups is 2. The van der Waals surface area contributed by atoms with Gasteiger partial charge in [-0.15, -0.1) is 0 Å². The molecule has 2 aliphatic heterocycles. The lowest BCUT2D eigenvalue weighted by molar-refractivity contribution is -0.122. The Morgan fingerprint density at radius 3 is 1.21 bits per heavy atom. The van der Waals surface area contributed by atoms with Crippen LogP contribution in [-0.4, -0.2) is 24.9 Å². The highest BCUT2D eigenvalue weighted by Crippen LogP contribution is 2.29. The smallest absolute Gasteiger partial charge is 0.223 e. The highest BCUT2D eigenvalue weighted by molar-refractivity contribution is 5.82. The standard InChI is InChI=1S/2C12H15NO/c2*1-8-3-5-10(6-4-8)11-7-13-12(14)9(11)2/h2*3-6,9,11H,7H2,1-2H3,(H,13,14)/t2*9-,11?/m11/s1. The number of hydrogen-bond acceptors (Lipinski definition) is 2. The van der Waals surface area contributed by atoms with Gasteiger partial charge in [-0.1, -0.05) is 73.5 Å². The number of hydrogen-bond donors (Lipinski definition) is 2. The van der Waals surface area contributed by atoms with E-state index in [-0.39, 0.29) is 23.7 Å². The molecule has 0 radical (unpaired) electrons. The first-order valence-corrected chi connectivity index (χ1v) is 10.1. The molecule has 2 fully saturated rings. The molecule has 2 saturated heterocycles. The predicted molar refractivity (Wildman–Crippen MR) is 112 cm³/mol. The first kappa shape index (κ1) is 20.1. The summed E-state index contributed by atoms with van der Waals surface area (Å²) in [6, 6.07) is 16.9. The van der Waals surface area contributed by atoms with E-state index in [0.717, 1.165) is 13.1 Å². The van der Waals surface area contributed by atoms with Crippen LogP contribution < -0.4 is 10.6 Å². The van der Waals surface area contributed by atoms with E-state index in [1.165, 1.54) is 22.3 Å². The molecule has 2 N–H and O–H groups in total. The van der Waals surface area contributed by atoms with Crippen molar-refractivity contribution in [3.05, 3.63) is 70.8 Å². The minimum absolute atomic E-state index is 0.109. The molecule has 2 aliphatic rings. The lowest BCUT2D eigenvalue weighted by atomic mass is 9.90. The third-order valence-electron chi connectivity index (χ3n) is 6.04. The quantitative estimate of drug-likeness (QED) is 0.837. The van der Waals surface area contributed by atoms with Crippen LogP contribution in [0, 0.1) is 25.7 Å². The maximum atomic E-state index is 11.3. The van der Waals surface area contributed by atoms with Crippen molar-refractivity contribution in [2.24, 2.45) is 11.8 Å². The summed E-state index contributed by atoms with van der Waals surface area (Å²) in [5, 5.41) is 5.79. The number of carbonyl (C=O) groups excluding carboxylic acids is 2. The Labute approximate surface area is 167 Å². The minimum atomic E-state index is 0.109. The second-order valence-electron chi connectivity index (χ2n) is 8.10.